The quantitative estimate of drug-likeness (QED) is 0.808. The molecule has 0 spiro atoms. The van der Waals surface area contributed by atoms with Crippen molar-refractivity contribution in [3.8, 4) is 0 Å². The number of aromatic nitrogens is 1. The summed E-state index contributed by atoms with van der Waals surface area (Å²) in [5.41, 5.74) is 0.717. The lowest BCUT2D eigenvalue weighted by atomic mass is 10.2. The van der Waals surface area contributed by atoms with E-state index in [9.17, 15) is 4.79 Å². The molecule has 1 aromatic rings. The van der Waals surface area contributed by atoms with Gasteiger partial charge >= 0.3 is 0 Å². The second kappa shape index (κ2) is 7.92. The first-order valence-corrected chi connectivity index (χ1v) is 8.69. The van der Waals surface area contributed by atoms with Crippen LogP contribution in [0.25, 0.3) is 0 Å². The van der Waals surface area contributed by atoms with Crippen LogP contribution < -0.4 is 4.90 Å². The molecule has 0 saturated carbocycles. The van der Waals surface area contributed by atoms with Crippen molar-refractivity contribution in [2.45, 2.75) is 0 Å². The third-order valence-corrected chi connectivity index (χ3v) is 4.90. The topological polar surface area (TPSA) is 63.2 Å². The fraction of sp³-hybridized carbons (Fsp3) is 0.647. The van der Waals surface area contributed by atoms with Gasteiger partial charge in [0.2, 0.25) is 0 Å². The molecule has 0 bridgehead atoms. The molecule has 3 rings (SSSR count). The second-order valence-electron chi connectivity index (χ2n) is 6.55. The van der Waals surface area contributed by atoms with Gasteiger partial charge in [0, 0.05) is 70.7 Å². The number of likely N-dealkylation sites (N-methyl/N-ethyl adjacent to an activating group) is 1. The van der Waals surface area contributed by atoms with Crippen molar-refractivity contribution in [3.05, 3.63) is 23.9 Å². The average molecular weight is 333 g/mol. The molecule has 1 amide bonds. The normalized spacial score (nSPS) is 20.4. The minimum atomic E-state index is 0.0800. The van der Waals surface area contributed by atoms with Crippen LogP contribution in [-0.4, -0.2) is 103 Å². The lowest BCUT2D eigenvalue weighted by Crippen LogP contribution is -2.49. The second-order valence-corrected chi connectivity index (χ2v) is 6.55. The van der Waals surface area contributed by atoms with Gasteiger partial charge in [-0.25, -0.2) is 4.98 Å². The van der Waals surface area contributed by atoms with E-state index in [1.54, 1.807) is 6.20 Å². The molecule has 7 heteroatoms. The van der Waals surface area contributed by atoms with Crippen molar-refractivity contribution in [3.63, 3.8) is 0 Å². The van der Waals surface area contributed by atoms with Gasteiger partial charge < -0.3 is 19.8 Å². The number of β-amino-alcohol motifs (C(OH)–C–C–N with tert-alkyl or cyclic N) is 1. The molecular formula is C17H27N5O2. The number of nitrogens with zero attached hydrogens (tertiary/aromatic N) is 5. The highest BCUT2D eigenvalue weighted by Gasteiger charge is 2.23. The van der Waals surface area contributed by atoms with Crippen molar-refractivity contribution in [2.75, 3.05) is 77.5 Å². The number of carbonyl (C=O) groups excluding carboxylic acids is 1. The SMILES string of the molecule is CN1CCN(c2cc(C(=O)N3CCN(CCO)CC3)ccn2)CC1. The van der Waals surface area contributed by atoms with E-state index in [2.05, 4.69) is 26.7 Å². The zero-order valence-electron chi connectivity index (χ0n) is 14.4. The first kappa shape index (κ1) is 17.1. The van der Waals surface area contributed by atoms with E-state index in [0.717, 1.165) is 50.6 Å². The summed E-state index contributed by atoms with van der Waals surface area (Å²) < 4.78 is 0. The predicted octanol–water partition coefficient (Wildman–Crippen LogP) is -0.416. The summed E-state index contributed by atoms with van der Waals surface area (Å²) in [4.78, 5) is 25.8. The summed E-state index contributed by atoms with van der Waals surface area (Å²) in [6.07, 6.45) is 1.74. The Kier molecular flexibility index (Phi) is 5.65. The van der Waals surface area contributed by atoms with Crippen LogP contribution in [0.5, 0.6) is 0 Å². The largest absolute Gasteiger partial charge is 0.395 e. The number of rotatable bonds is 4. The fourth-order valence-electron chi connectivity index (χ4n) is 3.26. The predicted molar refractivity (Wildman–Crippen MR) is 93.4 cm³/mol. The molecule has 2 aliphatic rings. The van der Waals surface area contributed by atoms with Gasteiger partial charge in [0.05, 0.1) is 6.61 Å². The summed E-state index contributed by atoms with van der Waals surface area (Å²) >= 11 is 0. The van der Waals surface area contributed by atoms with Gasteiger partial charge in [0.1, 0.15) is 5.82 Å². The molecule has 0 unspecified atom stereocenters. The molecule has 2 fully saturated rings. The van der Waals surface area contributed by atoms with Gasteiger partial charge in [-0.3, -0.25) is 9.69 Å². The first-order valence-electron chi connectivity index (χ1n) is 8.69. The summed E-state index contributed by atoms with van der Waals surface area (Å²) in [5, 5.41) is 9.01. The number of aliphatic hydroxyl groups is 1. The minimum Gasteiger partial charge on any atom is -0.395 e. The van der Waals surface area contributed by atoms with Gasteiger partial charge in [-0.05, 0) is 19.2 Å². The Balaban J connectivity index is 1.62. The van der Waals surface area contributed by atoms with Crippen molar-refractivity contribution in [1.29, 1.82) is 0 Å². The Morgan fingerprint density at radius 2 is 1.83 bits per heavy atom. The van der Waals surface area contributed by atoms with E-state index in [4.69, 9.17) is 5.11 Å². The van der Waals surface area contributed by atoms with Crippen LogP contribution >= 0.6 is 0 Å². The Morgan fingerprint density at radius 1 is 1.12 bits per heavy atom. The minimum absolute atomic E-state index is 0.0800. The molecule has 1 N–H and O–H groups in total. The van der Waals surface area contributed by atoms with E-state index in [0.29, 0.717) is 19.6 Å². The van der Waals surface area contributed by atoms with Crippen molar-refractivity contribution in [1.82, 2.24) is 19.7 Å². The Labute approximate surface area is 143 Å². The maximum atomic E-state index is 12.8. The Morgan fingerprint density at radius 3 is 2.50 bits per heavy atom. The maximum absolute atomic E-state index is 12.8. The van der Waals surface area contributed by atoms with Gasteiger partial charge in [-0.2, -0.15) is 0 Å². The third-order valence-electron chi connectivity index (χ3n) is 4.90. The van der Waals surface area contributed by atoms with E-state index >= 15 is 0 Å². The molecule has 24 heavy (non-hydrogen) atoms. The zero-order valence-corrected chi connectivity index (χ0v) is 14.4. The van der Waals surface area contributed by atoms with E-state index < -0.39 is 0 Å². The number of anilines is 1. The molecule has 0 aromatic carbocycles. The van der Waals surface area contributed by atoms with Crippen molar-refractivity contribution >= 4 is 11.7 Å². The van der Waals surface area contributed by atoms with Gasteiger partial charge in [-0.1, -0.05) is 0 Å². The number of aliphatic hydroxyl groups excluding tert-OH is 1. The highest BCUT2D eigenvalue weighted by atomic mass is 16.3. The number of pyridine rings is 1. The average Bonchev–Trinajstić information content (AvgIpc) is 2.63. The van der Waals surface area contributed by atoms with Gasteiger partial charge in [-0.15, -0.1) is 0 Å². The summed E-state index contributed by atoms with van der Waals surface area (Å²) in [6, 6.07) is 3.73. The molecule has 3 heterocycles. The van der Waals surface area contributed by atoms with Crippen LogP contribution in [0, 0.1) is 0 Å². The summed E-state index contributed by atoms with van der Waals surface area (Å²) in [6.45, 7) is 7.86. The number of amides is 1. The van der Waals surface area contributed by atoms with Crippen LogP contribution in [0.2, 0.25) is 0 Å². The molecule has 0 radical (unpaired) electrons. The molecule has 2 saturated heterocycles. The highest BCUT2D eigenvalue weighted by molar-refractivity contribution is 5.95. The molecule has 7 nitrogen and oxygen atoms in total. The zero-order chi connectivity index (χ0) is 16.9. The number of carbonyl (C=O) groups is 1. The van der Waals surface area contributed by atoms with Crippen LogP contribution in [0.1, 0.15) is 10.4 Å². The fourth-order valence-corrected chi connectivity index (χ4v) is 3.26. The lowest BCUT2D eigenvalue weighted by molar-refractivity contribution is 0.0615. The molecule has 132 valence electrons. The van der Waals surface area contributed by atoms with Crippen LogP contribution in [0.15, 0.2) is 18.3 Å². The molecule has 0 aliphatic carbocycles. The van der Waals surface area contributed by atoms with Crippen molar-refractivity contribution < 1.29 is 9.90 Å². The van der Waals surface area contributed by atoms with E-state index in [1.807, 2.05) is 17.0 Å². The van der Waals surface area contributed by atoms with Crippen molar-refractivity contribution in [2.24, 2.45) is 0 Å². The molecular weight excluding hydrogens is 306 g/mol. The Hall–Kier alpha value is -1.70. The summed E-state index contributed by atoms with van der Waals surface area (Å²) in [5.74, 6) is 0.976. The highest BCUT2D eigenvalue weighted by Crippen LogP contribution is 2.17. The smallest absolute Gasteiger partial charge is 0.254 e. The third kappa shape index (κ3) is 4.03. The maximum Gasteiger partial charge on any atom is 0.254 e. The molecule has 1 aromatic heterocycles. The Bertz CT molecular complexity index is 552. The lowest BCUT2D eigenvalue weighted by Gasteiger charge is -2.35. The summed E-state index contributed by atoms with van der Waals surface area (Å²) in [7, 11) is 2.13. The standard InChI is InChI=1S/C17H27N5O2/c1-19-4-8-21(9-5-19)16-14-15(2-3-18-16)17(24)22-10-6-20(7-11-22)12-13-23/h2-3,14,23H,4-13H2,1H3. The number of piperazine rings is 2. The van der Waals surface area contributed by atoms with Crippen LogP contribution in [0.3, 0.4) is 0 Å². The van der Waals surface area contributed by atoms with Gasteiger partial charge in [0.15, 0.2) is 0 Å². The van der Waals surface area contributed by atoms with Crippen LogP contribution in [0.4, 0.5) is 5.82 Å². The molecule has 0 atom stereocenters. The first-order chi connectivity index (χ1) is 11.7. The monoisotopic (exact) mass is 333 g/mol. The molecule has 2 aliphatic heterocycles. The van der Waals surface area contributed by atoms with Crippen LogP contribution in [-0.2, 0) is 0 Å². The van der Waals surface area contributed by atoms with E-state index in [-0.39, 0.29) is 12.5 Å². The number of hydrogen-bond donors (Lipinski definition) is 1. The number of hydrogen-bond acceptors (Lipinski definition) is 6. The van der Waals surface area contributed by atoms with E-state index in [1.165, 1.54) is 0 Å². The van der Waals surface area contributed by atoms with Gasteiger partial charge in [0.25, 0.3) is 5.91 Å².